The van der Waals surface area contributed by atoms with Gasteiger partial charge in [-0.2, -0.15) is 0 Å². The third-order valence-electron chi connectivity index (χ3n) is 5.63. The van der Waals surface area contributed by atoms with Gasteiger partial charge in [0.15, 0.2) is 0 Å². The Hall–Kier alpha value is -3.60. The highest BCUT2D eigenvalue weighted by Gasteiger charge is 2.55. The second-order valence-electron chi connectivity index (χ2n) is 7.39. The summed E-state index contributed by atoms with van der Waals surface area (Å²) in [5.74, 6) is 0.458. The first-order valence-corrected chi connectivity index (χ1v) is 9.86. The smallest absolute Gasteiger partial charge is 0.338 e. The molecule has 0 aliphatic carbocycles. The van der Waals surface area contributed by atoms with E-state index in [9.17, 15) is 9.90 Å². The van der Waals surface area contributed by atoms with E-state index in [0.717, 1.165) is 16.9 Å². The van der Waals surface area contributed by atoms with E-state index < -0.39 is 17.6 Å². The lowest BCUT2D eigenvalue weighted by Crippen LogP contribution is -2.43. The number of benzene rings is 3. The Labute approximate surface area is 176 Å². The molecule has 0 bridgehead atoms. The predicted molar refractivity (Wildman–Crippen MR) is 117 cm³/mol. The Bertz CT molecular complexity index is 1050. The minimum Gasteiger partial charge on any atom is -0.497 e. The monoisotopic (exact) mass is 400 g/mol. The van der Waals surface area contributed by atoms with Gasteiger partial charge < -0.3 is 14.7 Å². The molecule has 0 fully saturated rings. The van der Waals surface area contributed by atoms with Crippen LogP contribution in [0, 0.1) is 0 Å². The molecule has 3 aromatic carbocycles. The second-order valence-corrected chi connectivity index (χ2v) is 7.39. The summed E-state index contributed by atoms with van der Waals surface area (Å²) >= 11 is 0. The highest BCUT2D eigenvalue weighted by molar-refractivity contribution is 5.93. The van der Waals surface area contributed by atoms with Crippen molar-refractivity contribution in [3.05, 3.63) is 102 Å². The summed E-state index contributed by atoms with van der Waals surface area (Å²) in [6.45, 7) is 2.45. The SMILES string of the molecule is COc1ccc([C@@H]2N(Cc3ccccc3)C(C)=N[C@]2(C(=O)O)c2ccccc2)cc1. The number of nitrogens with zero attached hydrogens (tertiary/aromatic N) is 2. The van der Waals surface area contributed by atoms with E-state index in [1.54, 1.807) is 7.11 Å². The molecule has 5 heteroatoms. The maximum Gasteiger partial charge on any atom is 0.338 e. The number of rotatable bonds is 6. The summed E-state index contributed by atoms with van der Waals surface area (Å²) in [5.41, 5.74) is 1.20. The molecule has 0 radical (unpaired) electrons. The van der Waals surface area contributed by atoms with Gasteiger partial charge in [0.05, 0.1) is 19.0 Å². The number of carbonyl (C=O) groups is 1. The average molecular weight is 400 g/mol. The van der Waals surface area contributed by atoms with E-state index >= 15 is 0 Å². The maximum absolute atomic E-state index is 12.8. The number of hydrogen-bond acceptors (Lipinski definition) is 4. The molecule has 2 atom stereocenters. The Morgan fingerprint density at radius 2 is 1.60 bits per heavy atom. The summed E-state index contributed by atoms with van der Waals surface area (Å²) in [4.78, 5) is 19.7. The van der Waals surface area contributed by atoms with Crippen molar-refractivity contribution in [2.24, 2.45) is 4.99 Å². The minimum absolute atomic E-state index is 0.497. The van der Waals surface area contributed by atoms with Crippen molar-refractivity contribution < 1.29 is 14.6 Å². The molecule has 0 amide bonds. The van der Waals surface area contributed by atoms with Gasteiger partial charge in [0, 0.05) is 6.54 Å². The lowest BCUT2D eigenvalue weighted by atomic mass is 9.80. The molecule has 0 unspecified atom stereocenters. The zero-order valence-electron chi connectivity index (χ0n) is 17.0. The van der Waals surface area contributed by atoms with Crippen LogP contribution in [0.3, 0.4) is 0 Å². The Balaban J connectivity index is 1.88. The molecular formula is C25H24N2O3. The van der Waals surface area contributed by atoms with Crippen LogP contribution in [-0.2, 0) is 16.9 Å². The van der Waals surface area contributed by atoms with Crippen molar-refractivity contribution in [2.45, 2.75) is 25.0 Å². The fourth-order valence-electron chi connectivity index (χ4n) is 4.19. The number of carboxylic acids is 1. The van der Waals surface area contributed by atoms with Crippen LogP contribution in [0.2, 0.25) is 0 Å². The third kappa shape index (κ3) is 3.32. The summed E-state index contributed by atoms with van der Waals surface area (Å²) in [7, 11) is 1.62. The lowest BCUT2D eigenvalue weighted by molar-refractivity contribution is -0.145. The molecule has 4 rings (SSSR count). The quantitative estimate of drug-likeness (QED) is 0.654. The van der Waals surface area contributed by atoms with Gasteiger partial charge >= 0.3 is 5.97 Å². The number of carboxylic acid groups (broad SMARTS) is 1. The van der Waals surface area contributed by atoms with Gasteiger partial charge in [-0.05, 0) is 35.7 Å². The number of aliphatic carboxylic acids is 1. The third-order valence-corrected chi connectivity index (χ3v) is 5.63. The average Bonchev–Trinajstić information content (AvgIpc) is 3.08. The van der Waals surface area contributed by atoms with Crippen molar-refractivity contribution in [3.63, 3.8) is 0 Å². The lowest BCUT2D eigenvalue weighted by Gasteiger charge is -2.36. The fraction of sp³-hybridized carbons (Fsp3) is 0.200. The Morgan fingerprint density at radius 1 is 1.00 bits per heavy atom. The molecule has 0 saturated heterocycles. The van der Waals surface area contributed by atoms with Gasteiger partial charge in [0.25, 0.3) is 0 Å². The molecular weight excluding hydrogens is 376 g/mol. The molecule has 0 saturated carbocycles. The van der Waals surface area contributed by atoms with E-state index in [4.69, 9.17) is 9.73 Å². The van der Waals surface area contributed by atoms with E-state index in [-0.39, 0.29) is 0 Å². The minimum atomic E-state index is -1.44. The van der Waals surface area contributed by atoms with Crippen molar-refractivity contribution in [2.75, 3.05) is 7.11 Å². The Morgan fingerprint density at radius 3 is 2.17 bits per heavy atom. The molecule has 0 spiro atoms. The largest absolute Gasteiger partial charge is 0.497 e. The van der Waals surface area contributed by atoms with Gasteiger partial charge in [-0.25, -0.2) is 9.79 Å². The molecule has 1 heterocycles. The van der Waals surface area contributed by atoms with Crippen LogP contribution in [-0.4, -0.2) is 28.9 Å². The highest BCUT2D eigenvalue weighted by Crippen LogP contribution is 2.48. The fourth-order valence-corrected chi connectivity index (χ4v) is 4.19. The van der Waals surface area contributed by atoms with Gasteiger partial charge in [-0.1, -0.05) is 72.8 Å². The van der Waals surface area contributed by atoms with Crippen molar-refractivity contribution in [3.8, 4) is 5.75 Å². The Kier molecular flexibility index (Phi) is 5.27. The molecule has 1 aliphatic heterocycles. The van der Waals surface area contributed by atoms with E-state index in [1.165, 1.54) is 0 Å². The normalized spacial score (nSPS) is 20.7. The highest BCUT2D eigenvalue weighted by atomic mass is 16.5. The summed E-state index contributed by atoms with van der Waals surface area (Å²) in [6, 6.07) is 26.4. The van der Waals surface area contributed by atoms with Crippen LogP contribution in [0.25, 0.3) is 0 Å². The molecule has 1 aliphatic rings. The zero-order valence-corrected chi connectivity index (χ0v) is 17.0. The number of amidine groups is 1. The van der Waals surface area contributed by atoms with E-state index in [0.29, 0.717) is 17.9 Å². The standard InChI is InChI=1S/C25H24N2O3/c1-18-26-25(24(28)29,21-11-7-4-8-12-21)23(20-13-15-22(30-2)16-14-20)27(18)17-19-9-5-3-6-10-19/h3-16,23H,17H2,1-2H3,(H,28,29)/t23-,25+/m0/s1. The first kappa shape index (κ1) is 19.7. The van der Waals surface area contributed by atoms with Gasteiger partial charge in [0.2, 0.25) is 5.54 Å². The van der Waals surface area contributed by atoms with Crippen molar-refractivity contribution in [1.29, 1.82) is 0 Å². The van der Waals surface area contributed by atoms with Crippen molar-refractivity contribution in [1.82, 2.24) is 4.90 Å². The molecule has 1 N–H and O–H groups in total. The number of ether oxygens (including phenoxy) is 1. The number of hydrogen-bond donors (Lipinski definition) is 1. The molecule has 152 valence electrons. The first-order valence-electron chi connectivity index (χ1n) is 9.86. The second kappa shape index (κ2) is 8.03. The summed E-state index contributed by atoms with van der Waals surface area (Å²) in [6.07, 6.45) is 0. The molecule has 3 aromatic rings. The summed E-state index contributed by atoms with van der Waals surface area (Å²) < 4.78 is 5.30. The van der Waals surface area contributed by atoms with Crippen LogP contribution >= 0.6 is 0 Å². The molecule has 5 nitrogen and oxygen atoms in total. The summed E-state index contributed by atoms with van der Waals surface area (Å²) in [5, 5.41) is 10.5. The van der Waals surface area contributed by atoms with Crippen LogP contribution in [0.15, 0.2) is 89.9 Å². The number of aliphatic imine (C=N–C) groups is 1. The first-order chi connectivity index (χ1) is 14.6. The van der Waals surface area contributed by atoms with Crippen LogP contribution < -0.4 is 4.74 Å². The van der Waals surface area contributed by atoms with E-state index in [1.807, 2.05) is 91.9 Å². The van der Waals surface area contributed by atoms with Gasteiger partial charge in [-0.3, -0.25) is 0 Å². The zero-order chi connectivity index (χ0) is 21.1. The topological polar surface area (TPSA) is 62.1 Å². The van der Waals surface area contributed by atoms with Gasteiger partial charge in [0.1, 0.15) is 5.75 Å². The predicted octanol–water partition coefficient (Wildman–Crippen LogP) is 4.65. The van der Waals surface area contributed by atoms with Crippen molar-refractivity contribution >= 4 is 11.8 Å². The van der Waals surface area contributed by atoms with Crippen LogP contribution in [0.4, 0.5) is 0 Å². The maximum atomic E-state index is 12.8. The molecule has 30 heavy (non-hydrogen) atoms. The van der Waals surface area contributed by atoms with E-state index in [2.05, 4.69) is 4.90 Å². The number of methoxy groups -OCH3 is 1. The van der Waals surface area contributed by atoms with Crippen LogP contribution in [0.1, 0.15) is 29.7 Å². The molecule has 0 aromatic heterocycles. The van der Waals surface area contributed by atoms with Crippen LogP contribution in [0.5, 0.6) is 5.75 Å². The van der Waals surface area contributed by atoms with Gasteiger partial charge in [-0.15, -0.1) is 0 Å².